The first kappa shape index (κ1) is 33.0. The molecule has 45 heavy (non-hydrogen) atoms. The van der Waals surface area contributed by atoms with Crippen LogP contribution in [0.25, 0.3) is 10.9 Å². The summed E-state index contributed by atoms with van der Waals surface area (Å²) in [5, 5.41) is 30.1. The van der Waals surface area contributed by atoms with Crippen molar-refractivity contribution in [1.29, 1.82) is 5.26 Å². The molecule has 5 rings (SSSR count). The standard InChI is InChI=1S/C29H20ClF3N4O.C2HF3O2/c1-37-17-35-16-26(37)28(38,19-7-10-21(30)11-8-19)20-9-12-25-22(14-20)24(15-34)23(27(36-25)29(31,32)33)13-18-5-3-2-4-6-18;3-2(4,5)1(6)7/h2-12,14,16-17,38H,13H2,1H3;(H,6,7). The van der Waals surface area contributed by atoms with E-state index in [0.29, 0.717) is 27.4 Å². The topological polar surface area (TPSA) is 112 Å². The second kappa shape index (κ2) is 12.6. The zero-order valence-corrected chi connectivity index (χ0v) is 23.8. The van der Waals surface area contributed by atoms with E-state index in [1.165, 1.54) is 30.7 Å². The second-order valence-electron chi connectivity index (χ2n) is 9.73. The summed E-state index contributed by atoms with van der Waals surface area (Å²) in [6.45, 7) is 0. The van der Waals surface area contributed by atoms with Crippen LogP contribution in [0, 0.1) is 11.3 Å². The molecule has 0 fully saturated rings. The maximum Gasteiger partial charge on any atom is 0.490 e. The van der Waals surface area contributed by atoms with Crippen LogP contribution in [-0.4, -0.2) is 36.9 Å². The number of nitriles is 1. The summed E-state index contributed by atoms with van der Waals surface area (Å²) in [6, 6.07) is 21.6. The van der Waals surface area contributed by atoms with E-state index in [0.717, 1.165) is 0 Å². The molecule has 0 bridgehead atoms. The molecular formula is C31H21ClF6N4O3. The van der Waals surface area contributed by atoms with Crippen molar-refractivity contribution in [2.75, 3.05) is 0 Å². The number of fused-ring (bicyclic) bond motifs is 1. The van der Waals surface area contributed by atoms with Gasteiger partial charge >= 0.3 is 18.3 Å². The van der Waals surface area contributed by atoms with Crippen LogP contribution < -0.4 is 0 Å². The third-order valence-corrected chi connectivity index (χ3v) is 7.05. The van der Waals surface area contributed by atoms with Crippen LogP contribution in [0.2, 0.25) is 5.02 Å². The number of aryl methyl sites for hydroxylation is 1. The number of rotatable bonds is 5. The summed E-state index contributed by atoms with van der Waals surface area (Å²) >= 11 is 6.08. The Kier molecular flexibility index (Phi) is 9.22. The number of nitrogens with zero attached hydrogens (tertiary/aromatic N) is 4. The number of aliphatic carboxylic acids is 1. The number of imidazole rings is 1. The summed E-state index contributed by atoms with van der Waals surface area (Å²) in [5.41, 5.74) is -1.38. The van der Waals surface area contributed by atoms with Crippen molar-refractivity contribution in [2.24, 2.45) is 7.05 Å². The molecule has 232 valence electrons. The number of hydrogen-bond acceptors (Lipinski definition) is 5. The van der Waals surface area contributed by atoms with Crippen molar-refractivity contribution in [2.45, 2.75) is 24.4 Å². The van der Waals surface area contributed by atoms with E-state index in [4.69, 9.17) is 21.5 Å². The van der Waals surface area contributed by atoms with Gasteiger partial charge in [-0.1, -0.05) is 60.1 Å². The minimum absolute atomic E-state index is 0.00195. The molecule has 3 aromatic carbocycles. The predicted molar refractivity (Wildman–Crippen MR) is 151 cm³/mol. The molecule has 14 heteroatoms. The van der Waals surface area contributed by atoms with Crippen LogP contribution in [0.15, 0.2) is 85.3 Å². The van der Waals surface area contributed by atoms with Crippen LogP contribution in [-0.2, 0) is 30.0 Å². The van der Waals surface area contributed by atoms with Gasteiger partial charge in [0.2, 0.25) is 0 Å². The molecule has 1 unspecified atom stereocenters. The lowest BCUT2D eigenvalue weighted by Gasteiger charge is -2.30. The van der Waals surface area contributed by atoms with Crippen LogP contribution in [0.1, 0.15) is 39.2 Å². The van der Waals surface area contributed by atoms with Gasteiger partial charge < -0.3 is 14.8 Å². The van der Waals surface area contributed by atoms with Gasteiger partial charge in [0, 0.05) is 29.4 Å². The Balaban J connectivity index is 0.000000591. The highest BCUT2D eigenvalue weighted by Crippen LogP contribution is 2.40. The number of aliphatic hydroxyl groups is 1. The van der Waals surface area contributed by atoms with E-state index >= 15 is 0 Å². The van der Waals surface area contributed by atoms with Gasteiger partial charge in [0.1, 0.15) is 11.8 Å². The van der Waals surface area contributed by atoms with Gasteiger partial charge in [-0.15, -0.1) is 0 Å². The molecule has 0 aliphatic rings. The van der Waals surface area contributed by atoms with E-state index in [1.54, 1.807) is 66.2 Å². The van der Waals surface area contributed by atoms with E-state index in [1.807, 2.05) is 6.07 Å². The number of benzene rings is 3. The number of carboxylic acids is 1. The van der Waals surface area contributed by atoms with Crippen LogP contribution in [0.5, 0.6) is 0 Å². The highest BCUT2D eigenvalue weighted by Gasteiger charge is 2.40. The van der Waals surface area contributed by atoms with Gasteiger partial charge in [-0.2, -0.15) is 31.6 Å². The van der Waals surface area contributed by atoms with Crippen LogP contribution in [0.4, 0.5) is 26.3 Å². The molecule has 0 saturated heterocycles. The Morgan fingerprint density at radius 2 is 1.58 bits per heavy atom. The van der Waals surface area contributed by atoms with Crippen molar-refractivity contribution in [3.63, 3.8) is 0 Å². The lowest BCUT2D eigenvalue weighted by Crippen LogP contribution is -2.31. The number of aromatic nitrogens is 3. The first-order valence-corrected chi connectivity index (χ1v) is 13.2. The average molecular weight is 647 g/mol. The Hall–Kier alpha value is -4.93. The van der Waals surface area contributed by atoms with Crippen LogP contribution in [0.3, 0.4) is 0 Å². The van der Waals surface area contributed by atoms with Crippen molar-refractivity contribution < 1.29 is 41.4 Å². The Morgan fingerprint density at radius 1 is 0.978 bits per heavy atom. The highest BCUT2D eigenvalue weighted by atomic mass is 35.5. The summed E-state index contributed by atoms with van der Waals surface area (Å²) in [4.78, 5) is 17.0. The monoisotopic (exact) mass is 646 g/mol. The van der Waals surface area contributed by atoms with Crippen molar-refractivity contribution >= 4 is 28.5 Å². The number of carboxylic acid groups (broad SMARTS) is 1. The Morgan fingerprint density at radius 3 is 2.09 bits per heavy atom. The fraction of sp³-hybridized carbons (Fsp3) is 0.161. The molecule has 0 aliphatic heterocycles. The molecule has 1 atom stereocenters. The van der Waals surface area contributed by atoms with E-state index in [-0.39, 0.29) is 28.5 Å². The van der Waals surface area contributed by atoms with Crippen LogP contribution >= 0.6 is 11.6 Å². The molecule has 7 nitrogen and oxygen atoms in total. The quantitative estimate of drug-likeness (QED) is 0.199. The summed E-state index contributed by atoms with van der Waals surface area (Å²) in [7, 11) is 1.72. The smallest absolute Gasteiger partial charge is 0.475 e. The van der Waals surface area contributed by atoms with E-state index in [2.05, 4.69) is 9.97 Å². The number of hydrogen-bond donors (Lipinski definition) is 2. The van der Waals surface area contributed by atoms with Gasteiger partial charge in [0.05, 0.1) is 29.3 Å². The molecule has 0 saturated carbocycles. The van der Waals surface area contributed by atoms with Gasteiger partial charge in [-0.25, -0.2) is 14.8 Å². The number of pyridine rings is 1. The predicted octanol–water partition coefficient (Wildman–Crippen LogP) is 7.02. The zero-order valence-electron chi connectivity index (χ0n) is 23.0. The minimum atomic E-state index is -5.08. The lowest BCUT2D eigenvalue weighted by molar-refractivity contribution is -0.192. The average Bonchev–Trinajstić information content (AvgIpc) is 3.42. The maximum absolute atomic E-state index is 14.1. The van der Waals surface area contributed by atoms with Gasteiger partial charge in [0.15, 0.2) is 5.60 Å². The normalized spacial score (nSPS) is 13.0. The Labute approximate surface area is 256 Å². The molecule has 2 heterocycles. The molecular weight excluding hydrogens is 626 g/mol. The molecule has 2 N–H and O–H groups in total. The third-order valence-electron chi connectivity index (χ3n) is 6.80. The second-order valence-corrected chi connectivity index (χ2v) is 10.2. The molecule has 0 amide bonds. The molecule has 0 spiro atoms. The van der Waals surface area contributed by atoms with Gasteiger partial charge in [-0.05, 0) is 41.0 Å². The molecule has 2 aromatic heterocycles. The van der Waals surface area contributed by atoms with Gasteiger partial charge in [0.25, 0.3) is 0 Å². The highest BCUT2D eigenvalue weighted by molar-refractivity contribution is 6.30. The first-order valence-electron chi connectivity index (χ1n) is 12.8. The maximum atomic E-state index is 14.1. The SMILES string of the molecule is Cn1cncc1C(O)(c1ccc(Cl)cc1)c1ccc2nc(C(F)(F)F)c(Cc3ccccc3)c(C#N)c2c1.O=C(O)C(F)(F)F. The number of halogens is 7. The third kappa shape index (κ3) is 6.92. The molecule has 0 aliphatic carbocycles. The fourth-order valence-corrected chi connectivity index (χ4v) is 4.85. The molecule has 0 radical (unpaired) electrons. The summed E-state index contributed by atoms with van der Waals surface area (Å²) in [6.07, 6.45) is -6.93. The van der Waals surface area contributed by atoms with Crippen molar-refractivity contribution in [1.82, 2.24) is 14.5 Å². The lowest BCUT2D eigenvalue weighted by atomic mass is 9.82. The number of alkyl halides is 6. The summed E-state index contributed by atoms with van der Waals surface area (Å²) < 4.78 is 75.7. The van der Waals surface area contributed by atoms with Crippen molar-refractivity contribution in [3.05, 3.63) is 130 Å². The largest absolute Gasteiger partial charge is 0.490 e. The molecule has 5 aromatic rings. The fourth-order valence-electron chi connectivity index (χ4n) is 4.72. The number of carbonyl (C=O) groups is 1. The summed E-state index contributed by atoms with van der Waals surface area (Å²) in [5.74, 6) is -2.76. The minimum Gasteiger partial charge on any atom is -0.475 e. The zero-order chi connectivity index (χ0) is 33.2. The van der Waals surface area contributed by atoms with E-state index < -0.39 is 29.6 Å². The Bertz CT molecular complexity index is 1880. The van der Waals surface area contributed by atoms with Crippen molar-refractivity contribution in [3.8, 4) is 6.07 Å². The van der Waals surface area contributed by atoms with E-state index in [9.17, 15) is 36.7 Å². The van der Waals surface area contributed by atoms with Gasteiger partial charge in [-0.3, -0.25) is 0 Å². The first-order chi connectivity index (χ1) is 21.1.